The van der Waals surface area contributed by atoms with Crippen molar-refractivity contribution in [1.82, 2.24) is 4.98 Å². The van der Waals surface area contributed by atoms with Crippen molar-refractivity contribution in [2.24, 2.45) is 0 Å². The fraction of sp³-hybridized carbons (Fsp3) is 0.0526. The van der Waals surface area contributed by atoms with Gasteiger partial charge >= 0.3 is 5.97 Å². The van der Waals surface area contributed by atoms with E-state index < -0.39 is 5.97 Å². The summed E-state index contributed by atoms with van der Waals surface area (Å²) in [5, 5.41) is 12.3. The molecule has 3 aromatic heterocycles. The van der Waals surface area contributed by atoms with Crippen molar-refractivity contribution in [2.45, 2.75) is 6.92 Å². The summed E-state index contributed by atoms with van der Waals surface area (Å²) in [6, 6.07) is 15.6. The van der Waals surface area contributed by atoms with Gasteiger partial charge in [0.2, 0.25) is 0 Å². The summed E-state index contributed by atoms with van der Waals surface area (Å²) in [6.07, 6.45) is 0. The van der Waals surface area contributed by atoms with Crippen molar-refractivity contribution >= 4 is 39.5 Å². The van der Waals surface area contributed by atoms with Gasteiger partial charge in [-0.25, -0.2) is 9.78 Å². The number of aryl methyl sites for hydroxylation is 1. The van der Waals surface area contributed by atoms with Gasteiger partial charge in [0.15, 0.2) is 0 Å². The van der Waals surface area contributed by atoms with Gasteiger partial charge in [-0.2, -0.15) is 0 Å². The van der Waals surface area contributed by atoms with Gasteiger partial charge in [-0.1, -0.05) is 17.7 Å². The van der Waals surface area contributed by atoms with Crippen LogP contribution >= 0.6 is 22.7 Å². The number of fused-ring (bicyclic) bond motifs is 1. The number of rotatable bonds is 3. The second-order valence-electron chi connectivity index (χ2n) is 5.52. The second-order valence-corrected chi connectivity index (χ2v) is 7.55. The van der Waals surface area contributed by atoms with Gasteiger partial charge in [0, 0.05) is 15.1 Å². The molecule has 0 unspecified atom stereocenters. The third-order valence-corrected chi connectivity index (χ3v) is 5.99. The largest absolute Gasteiger partial charge is 0.478 e. The number of carboxylic acid groups (broad SMARTS) is 1. The quantitative estimate of drug-likeness (QED) is 0.515. The summed E-state index contributed by atoms with van der Waals surface area (Å²) in [4.78, 5) is 19.7. The van der Waals surface area contributed by atoms with Gasteiger partial charge in [-0.3, -0.25) is 0 Å². The Hall–Kier alpha value is -2.50. The van der Waals surface area contributed by atoms with Crippen molar-refractivity contribution in [3.63, 3.8) is 0 Å². The summed E-state index contributed by atoms with van der Waals surface area (Å²) in [7, 11) is 0. The number of carboxylic acids is 1. The molecule has 0 aliphatic carbocycles. The lowest BCUT2D eigenvalue weighted by Crippen LogP contribution is -2.00. The van der Waals surface area contributed by atoms with Crippen molar-refractivity contribution in [3.8, 4) is 20.3 Å². The van der Waals surface area contributed by atoms with E-state index in [-0.39, 0.29) is 0 Å². The van der Waals surface area contributed by atoms with Crippen LogP contribution in [-0.4, -0.2) is 16.1 Å². The monoisotopic (exact) mass is 351 g/mol. The molecule has 4 rings (SSSR count). The lowest BCUT2D eigenvalue weighted by Gasteiger charge is -2.06. The Labute approximate surface area is 146 Å². The minimum absolute atomic E-state index is 0.296. The number of carbonyl (C=O) groups is 1. The van der Waals surface area contributed by atoms with E-state index in [1.165, 1.54) is 9.75 Å². The van der Waals surface area contributed by atoms with E-state index in [1.807, 2.05) is 42.6 Å². The van der Waals surface area contributed by atoms with Gasteiger partial charge in [-0.05, 0) is 48.7 Å². The van der Waals surface area contributed by atoms with Crippen LogP contribution < -0.4 is 0 Å². The molecule has 0 fully saturated rings. The molecule has 1 aromatic carbocycles. The normalized spacial score (nSPS) is 11.0. The van der Waals surface area contributed by atoms with Crippen LogP contribution in [0.1, 0.15) is 15.9 Å². The van der Waals surface area contributed by atoms with E-state index in [0.29, 0.717) is 22.2 Å². The average molecular weight is 351 g/mol. The molecule has 0 spiro atoms. The first-order valence-electron chi connectivity index (χ1n) is 7.40. The highest BCUT2D eigenvalue weighted by Gasteiger charge is 2.14. The first-order chi connectivity index (χ1) is 11.6. The van der Waals surface area contributed by atoms with Gasteiger partial charge in [0.25, 0.3) is 0 Å². The SMILES string of the molecule is Cc1ccc2nc(-c3ccc(-c4cccs4)s3)cc(C(=O)O)c2c1. The predicted octanol–water partition coefficient (Wildman–Crippen LogP) is 5.70. The number of hydrogen-bond donors (Lipinski definition) is 1. The summed E-state index contributed by atoms with van der Waals surface area (Å²) in [6.45, 7) is 1.95. The van der Waals surface area contributed by atoms with Crippen LogP contribution in [0.15, 0.2) is 53.9 Å². The predicted molar refractivity (Wildman–Crippen MR) is 100 cm³/mol. The van der Waals surface area contributed by atoms with Crippen LogP contribution in [0.4, 0.5) is 0 Å². The molecule has 3 nitrogen and oxygen atoms in total. The zero-order valence-electron chi connectivity index (χ0n) is 12.8. The molecule has 118 valence electrons. The van der Waals surface area contributed by atoms with Crippen molar-refractivity contribution in [2.75, 3.05) is 0 Å². The van der Waals surface area contributed by atoms with Gasteiger partial charge in [0.05, 0.1) is 21.7 Å². The fourth-order valence-electron chi connectivity index (χ4n) is 2.67. The van der Waals surface area contributed by atoms with Crippen LogP contribution in [-0.2, 0) is 0 Å². The van der Waals surface area contributed by atoms with Crippen LogP contribution in [0.2, 0.25) is 0 Å². The average Bonchev–Trinajstić information content (AvgIpc) is 3.24. The zero-order valence-corrected chi connectivity index (χ0v) is 14.4. The van der Waals surface area contributed by atoms with Crippen molar-refractivity contribution < 1.29 is 9.90 Å². The van der Waals surface area contributed by atoms with E-state index in [1.54, 1.807) is 28.7 Å². The Morgan fingerprint density at radius 2 is 1.88 bits per heavy atom. The first-order valence-corrected chi connectivity index (χ1v) is 9.10. The number of aromatic nitrogens is 1. The molecule has 3 heterocycles. The first kappa shape index (κ1) is 15.1. The molecular weight excluding hydrogens is 338 g/mol. The summed E-state index contributed by atoms with van der Waals surface area (Å²) < 4.78 is 0. The molecule has 0 saturated heterocycles. The molecule has 4 aromatic rings. The number of nitrogens with zero attached hydrogens (tertiary/aromatic N) is 1. The summed E-state index contributed by atoms with van der Waals surface area (Å²) >= 11 is 3.32. The molecule has 0 aliphatic heterocycles. The van der Waals surface area contributed by atoms with Gasteiger partial charge < -0.3 is 5.11 Å². The van der Waals surface area contributed by atoms with Crippen LogP contribution in [0.25, 0.3) is 31.2 Å². The lowest BCUT2D eigenvalue weighted by molar-refractivity contribution is 0.0699. The molecule has 1 N–H and O–H groups in total. The molecule has 0 radical (unpaired) electrons. The van der Waals surface area contributed by atoms with E-state index in [2.05, 4.69) is 17.1 Å². The van der Waals surface area contributed by atoms with Crippen LogP contribution in [0.3, 0.4) is 0 Å². The van der Waals surface area contributed by atoms with E-state index in [0.717, 1.165) is 10.4 Å². The Bertz CT molecular complexity index is 1050. The molecule has 0 atom stereocenters. The minimum Gasteiger partial charge on any atom is -0.478 e. The number of aromatic carboxylic acids is 1. The molecule has 0 amide bonds. The number of thiophene rings is 2. The molecule has 5 heteroatoms. The van der Waals surface area contributed by atoms with Gasteiger partial charge in [0.1, 0.15) is 0 Å². The maximum Gasteiger partial charge on any atom is 0.336 e. The zero-order chi connectivity index (χ0) is 16.7. The Morgan fingerprint density at radius 3 is 2.62 bits per heavy atom. The van der Waals surface area contributed by atoms with Crippen LogP contribution in [0, 0.1) is 6.92 Å². The highest BCUT2D eigenvalue weighted by molar-refractivity contribution is 7.23. The van der Waals surface area contributed by atoms with Crippen molar-refractivity contribution in [3.05, 3.63) is 65.0 Å². The smallest absolute Gasteiger partial charge is 0.336 e. The van der Waals surface area contributed by atoms with E-state index in [9.17, 15) is 9.90 Å². The number of benzene rings is 1. The molecule has 0 aliphatic rings. The highest BCUT2D eigenvalue weighted by atomic mass is 32.1. The maximum absolute atomic E-state index is 11.7. The third-order valence-electron chi connectivity index (χ3n) is 3.82. The van der Waals surface area contributed by atoms with Crippen LogP contribution in [0.5, 0.6) is 0 Å². The van der Waals surface area contributed by atoms with E-state index >= 15 is 0 Å². The standard InChI is InChI=1S/C19H13NO2S2/c1-11-4-5-14-12(9-11)13(19(21)22)10-15(20-14)16-6-7-18(24-16)17-3-2-8-23-17/h2-10H,1H3,(H,21,22). The topological polar surface area (TPSA) is 50.2 Å². The molecular formula is C19H13NO2S2. The van der Waals surface area contributed by atoms with E-state index in [4.69, 9.17) is 0 Å². The molecule has 24 heavy (non-hydrogen) atoms. The lowest BCUT2D eigenvalue weighted by atomic mass is 10.0. The number of pyridine rings is 1. The Balaban J connectivity index is 1.88. The van der Waals surface area contributed by atoms with Gasteiger partial charge in [-0.15, -0.1) is 22.7 Å². The molecule has 0 saturated carbocycles. The highest BCUT2D eigenvalue weighted by Crippen LogP contribution is 2.37. The summed E-state index contributed by atoms with van der Waals surface area (Å²) in [5.41, 5.74) is 2.73. The minimum atomic E-state index is -0.927. The Morgan fingerprint density at radius 1 is 1.04 bits per heavy atom. The van der Waals surface area contributed by atoms with Crippen molar-refractivity contribution in [1.29, 1.82) is 0 Å². The summed E-state index contributed by atoms with van der Waals surface area (Å²) in [5.74, 6) is -0.927. The maximum atomic E-state index is 11.7. The fourth-order valence-corrected chi connectivity index (χ4v) is 4.47. The number of hydrogen-bond acceptors (Lipinski definition) is 4. The third kappa shape index (κ3) is 2.62. The second kappa shape index (κ2) is 5.85. The molecule has 0 bridgehead atoms. The Kier molecular flexibility index (Phi) is 3.67.